The van der Waals surface area contributed by atoms with Crippen molar-refractivity contribution in [1.29, 1.82) is 5.26 Å². The number of hydrogen-bond acceptors (Lipinski definition) is 4. The van der Waals surface area contributed by atoms with Crippen molar-refractivity contribution < 1.29 is 8.42 Å². The van der Waals surface area contributed by atoms with Gasteiger partial charge in [-0.05, 0) is 30.7 Å². The normalized spacial score (nSPS) is 10.8. The molecule has 1 aromatic carbocycles. The number of pyridine rings is 1. The summed E-state index contributed by atoms with van der Waals surface area (Å²) in [5.74, 6) is 0. The molecule has 0 unspecified atom stereocenters. The molecule has 2 rings (SSSR count). The first-order valence-electron chi connectivity index (χ1n) is 5.58. The zero-order valence-corrected chi connectivity index (χ0v) is 12.0. The Labute approximate surface area is 121 Å². The van der Waals surface area contributed by atoms with Crippen LogP contribution >= 0.6 is 11.6 Å². The molecule has 0 aliphatic rings. The summed E-state index contributed by atoms with van der Waals surface area (Å²) >= 11 is 5.79. The van der Waals surface area contributed by atoms with Crippen molar-refractivity contribution in [2.45, 2.75) is 11.8 Å². The smallest absolute Gasteiger partial charge is 0.263 e. The van der Waals surface area contributed by atoms with Crippen LogP contribution in [0.5, 0.6) is 0 Å². The van der Waals surface area contributed by atoms with Crippen LogP contribution in [0.1, 0.15) is 11.1 Å². The van der Waals surface area contributed by atoms with Crippen molar-refractivity contribution in [1.82, 2.24) is 4.98 Å². The van der Waals surface area contributed by atoms with Crippen LogP contribution < -0.4 is 4.72 Å². The lowest BCUT2D eigenvalue weighted by molar-refractivity contribution is 0.601. The van der Waals surface area contributed by atoms with Crippen LogP contribution in [0.15, 0.2) is 41.4 Å². The summed E-state index contributed by atoms with van der Waals surface area (Å²) in [7, 11) is -3.84. The van der Waals surface area contributed by atoms with Crippen LogP contribution in [0.2, 0.25) is 5.15 Å². The van der Waals surface area contributed by atoms with Crippen molar-refractivity contribution in [3.8, 4) is 6.07 Å². The Bertz CT molecular complexity index is 798. The number of aromatic nitrogens is 1. The van der Waals surface area contributed by atoms with Gasteiger partial charge in [0, 0.05) is 0 Å². The number of nitrogens with one attached hydrogen (secondary N) is 1. The second kappa shape index (κ2) is 5.49. The molecule has 5 nitrogen and oxygen atoms in total. The average molecular weight is 308 g/mol. The molecule has 2 aromatic rings. The number of nitriles is 1. The SMILES string of the molecule is Cc1cc(NS(=O)(=O)c2ccccc2C#N)cnc1Cl. The molecule has 0 aliphatic heterocycles. The molecular formula is C13H10ClN3O2S. The third kappa shape index (κ3) is 2.90. The van der Waals surface area contributed by atoms with Gasteiger partial charge in [0.15, 0.2) is 0 Å². The monoisotopic (exact) mass is 307 g/mol. The summed E-state index contributed by atoms with van der Waals surface area (Å²) < 4.78 is 26.9. The predicted molar refractivity (Wildman–Crippen MR) is 75.9 cm³/mol. The van der Waals surface area contributed by atoms with Crippen molar-refractivity contribution >= 4 is 27.3 Å². The summed E-state index contributed by atoms with van der Waals surface area (Å²) in [5, 5.41) is 9.27. The van der Waals surface area contributed by atoms with E-state index in [0.29, 0.717) is 16.4 Å². The van der Waals surface area contributed by atoms with Gasteiger partial charge in [0.2, 0.25) is 0 Å². The highest BCUT2D eigenvalue weighted by molar-refractivity contribution is 7.92. The Kier molecular flexibility index (Phi) is 3.93. The Morgan fingerprint density at radius 2 is 2.05 bits per heavy atom. The fourth-order valence-corrected chi connectivity index (χ4v) is 2.91. The van der Waals surface area contributed by atoms with Gasteiger partial charge < -0.3 is 0 Å². The third-order valence-corrected chi connectivity index (χ3v) is 4.40. The molecule has 0 spiro atoms. The molecule has 0 aliphatic carbocycles. The minimum Gasteiger partial charge on any atom is -0.278 e. The summed E-state index contributed by atoms with van der Waals surface area (Å²) in [6, 6.07) is 9.40. The van der Waals surface area contributed by atoms with Crippen LogP contribution in [0.25, 0.3) is 0 Å². The van der Waals surface area contributed by atoms with Crippen molar-refractivity contribution in [2.24, 2.45) is 0 Å². The highest BCUT2D eigenvalue weighted by atomic mass is 35.5. The number of nitrogens with zero attached hydrogens (tertiary/aromatic N) is 2. The van der Waals surface area contributed by atoms with E-state index in [1.807, 2.05) is 6.07 Å². The maximum absolute atomic E-state index is 12.3. The van der Waals surface area contributed by atoms with E-state index < -0.39 is 10.0 Å². The fraction of sp³-hybridized carbons (Fsp3) is 0.0769. The topological polar surface area (TPSA) is 82.9 Å². The summed E-state index contributed by atoms with van der Waals surface area (Å²) in [4.78, 5) is 3.80. The van der Waals surface area contributed by atoms with Gasteiger partial charge in [0.25, 0.3) is 10.0 Å². The van der Waals surface area contributed by atoms with Crippen LogP contribution in [-0.2, 0) is 10.0 Å². The van der Waals surface area contributed by atoms with E-state index in [-0.39, 0.29) is 10.5 Å². The number of rotatable bonds is 3. The third-order valence-electron chi connectivity index (χ3n) is 2.56. The quantitative estimate of drug-likeness (QED) is 0.884. The summed E-state index contributed by atoms with van der Waals surface area (Å²) in [6.45, 7) is 1.72. The van der Waals surface area contributed by atoms with Gasteiger partial charge in [0.1, 0.15) is 16.1 Å². The Balaban J connectivity index is 2.41. The zero-order chi connectivity index (χ0) is 14.8. The standard InChI is InChI=1S/C13H10ClN3O2S/c1-9-6-11(8-16-13(9)14)17-20(18,19)12-5-3-2-4-10(12)7-15/h2-6,8,17H,1H3. The van der Waals surface area contributed by atoms with E-state index in [1.54, 1.807) is 25.1 Å². The molecule has 0 saturated heterocycles. The number of aryl methyl sites for hydroxylation is 1. The molecule has 102 valence electrons. The van der Waals surface area contributed by atoms with Crippen molar-refractivity contribution in [3.05, 3.63) is 52.8 Å². The maximum Gasteiger partial charge on any atom is 0.263 e. The van der Waals surface area contributed by atoms with Crippen LogP contribution in [0.3, 0.4) is 0 Å². The largest absolute Gasteiger partial charge is 0.278 e. The molecule has 20 heavy (non-hydrogen) atoms. The lowest BCUT2D eigenvalue weighted by Gasteiger charge is -2.09. The van der Waals surface area contributed by atoms with Gasteiger partial charge in [-0.25, -0.2) is 13.4 Å². The van der Waals surface area contributed by atoms with Gasteiger partial charge >= 0.3 is 0 Å². The number of anilines is 1. The maximum atomic E-state index is 12.3. The summed E-state index contributed by atoms with van der Waals surface area (Å²) in [5.41, 5.74) is 1.03. The fourth-order valence-electron chi connectivity index (χ4n) is 1.62. The second-order valence-corrected chi connectivity index (χ2v) is 6.05. The Morgan fingerprint density at radius 1 is 1.35 bits per heavy atom. The predicted octanol–water partition coefficient (Wildman–Crippen LogP) is 2.72. The van der Waals surface area contributed by atoms with E-state index in [0.717, 1.165) is 0 Å². The second-order valence-electron chi connectivity index (χ2n) is 4.05. The van der Waals surface area contributed by atoms with Gasteiger partial charge in [-0.1, -0.05) is 23.7 Å². The van der Waals surface area contributed by atoms with E-state index >= 15 is 0 Å². The molecule has 1 heterocycles. The number of benzene rings is 1. The highest BCUT2D eigenvalue weighted by Gasteiger charge is 2.18. The molecular weight excluding hydrogens is 298 g/mol. The Hall–Kier alpha value is -2.10. The van der Waals surface area contributed by atoms with Gasteiger partial charge in [-0.15, -0.1) is 0 Å². The first kappa shape index (κ1) is 14.3. The molecule has 0 fully saturated rings. The minimum absolute atomic E-state index is 0.0740. The molecule has 0 radical (unpaired) electrons. The molecule has 0 bridgehead atoms. The van der Waals surface area contributed by atoms with E-state index in [1.165, 1.54) is 18.3 Å². The molecule has 7 heteroatoms. The van der Waals surface area contributed by atoms with Crippen LogP contribution in [-0.4, -0.2) is 13.4 Å². The van der Waals surface area contributed by atoms with E-state index in [9.17, 15) is 8.42 Å². The lowest BCUT2D eigenvalue weighted by atomic mass is 10.2. The van der Waals surface area contributed by atoms with E-state index in [2.05, 4.69) is 9.71 Å². The number of hydrogen-bond donors (Lipinski definition) is 1. The average Bonchev–Trinajstić information content (AvgIpc) is 2.42. The molecule has 1 aromatic heterocycles. The molecule has 0 amide bonds. The number of halogens is 1. The Morgan fingerprint density at radius 3 is 2.70 bits per heavy atom. The zero-order valence-electron chi connectivity index (χ0n) is 10.5. The highest BCUT2D eigenvalue weighted by Crippen LogP contribution is 2.21. The molecule has 0 saturated carbocycles. The first-order valence-corrected chi connectivity index (χ1v) is 7.44. The molecule has 1 N–H and O–H groups in total. The lowest BCUT2D eigenvalue weighted by Crippen LogP contribution is -2.14. The molecule has 0 atom stereocenters. The minimum atomic E-state index is -3.84. The first-order chi connectivity index (χ1) is 9.44. The number of sulfonamides is 1. The van der Waals surface area contributed by atoms with Crippen LogP contribution in [0, 0.1) is 18.3 Å². The van der Waals surface area contributed by atoms with Crippen molar-refractivity contribution in [3.63, 3.8) is 0 Å². The van der Waals surface area contributed by atoms with Gasteiger partial charge in [-0.2, -0.15) is 5.26 Å². The van der Waals surface area contributed by atoms with Gasteiger partial charge in [0.05, 0.1) is 17.4 Å². The van der Waals surface area contributed by atoms with E-state index in [4.69, 9.17) is 16.9 Å². The van der Waals surface area contributed by atoms with Gasteiger partial charge in [-0.3, -0.25) is 4.72 Å². The summed E-state index contributed by atoms with van der Waals surface area (Å²) in [6.07, 6.45) is 1.32. The van der Waals surface area contributed by atoms with Crippen molar-refractivity contribution in [2.75, 3.05) is 4.72 Å². The van der Waals surface area contributed by atoms with Crippen LogP contribution in [0.4, 0.5) is 5.69 Å².